The predicted octanol–water partition coefficient (Wildman–Crippen LogP) is -0.0140. The summed E-state index contributed by atoms with van der Waals surface area (Å²) in [6.07, 6.45) is 2.28. The first-order valence-electron chi connectivity index (χ1n) is 3.07. The number of hydrogen-bond acceptors (Lipinski definition) is 2. The van der Waals surface area contributed by atoms with Crippen LogP contribution in [-0.2, 0) is 4.79 Å². The Labute approximate surface area is 52.3 Å². The largest absolute Gasteiger partial charge is 0.479 e. The zero-order valence-electron chi connectivity index (χ0n) is 4.92. The van der Waals surface area contributed by atoms with E-state index in [9.17, 15) is 9.90 Å². The molecular weight excluding hydrogens is 120 g/mol. The minimum absolute atomic E-state index is 0.168. The van der Waals surface area contributed by atoms with Gasteiger partial charge in [0.2, 0.25) is 0 Å². The van der Waals surface area contributed by atoms with E-state index in [4.69, 9.17) is 5.11 Å². The fourth-order valence-electron chi connectivity index (χ4n) is 1.49. The van der Waals surface area contributed by atoms with E-state index in [1.807, 2.05) is 0 Å². The first-order valence-corrected chi connectivity index (χ1v) is 3.07. The highest BCUT2D eigenvalue weighted by atomic mass is 16.4. The maximum Gasteiger partial charge on any atom is 0.336 e. The van der Waals surface area contributed by atoms with Crippen molar-refractivity contribution in [2.75, 3.05) is 0 Å². The maximum atomic E-state index is 10.3. The zero-order valence-corrected chi connectivity index (χ0v) is 4.92. The summed E-state index contributed by atoms with van der Waals surface area (Å²) < 4.78 is 0. The van der Waals surface area contributed by atoms with Gasteiger partial charge in [-0.3, -0.25) is 0 Å². The summed E-state index contributed by atoms with van der Waals surface area (Å²) in [6.45, 7) is 0. The molecular formula is C6H8O3. The van der Waals surface area contributed by atoms with Gasteiger partial charge in [-0.2, -0.15) is 0 Å². The molecule has 2 aliphatic carbocycles. The van der Waals surface area contributed by atoms with Crippen molar-refractivity contribution in [3.05, 3.63) is 0 Å². The molecule has 1 unspecified atom stereocenters. The van der Waals surface area contributed by atoms with Crippen molar-refractivity contribution in [2.24, 2.45) is 5.41 Å². The number of hydrogen-bond donors (Lipinski definition) is 2. The number of rotatable bonds is 1. The Morgan fingerprint density at radius 2 is 2.00 bits per heavy atom. The Morgan fingerprint density at radius 1 is 1.44 bits per heavy atom. The van der Waals surface area contributed by atoms with Crippen LogP contribution in [0.15, 0.2) is 0 Å². The topological polar surface area (TPSA) is 57.5 Å². The third-order valence-corrected chi connectivity index (χ3v) is 2.55. The molecule has 0 aromatic carbocycles. The van der Waals surface area contributed by atoms with Gasteiger partial charge in [-0.1, -0.05) is 0 Å². The van der Waals surface area contributed by atoms with Crippen LogP contribution in [0.25, 0.3) is 0 Å². The molecule has 0 saturated heterocycles. The second-order valence-electron chi connectivity index (χ2n) is 3.12. The summed E-state index contributed by atoms with van der Waals surface area (Å²) in [5.41, 5.74) is -1.49. The lowest BCUT2D eigenvalue weighted by Crippen LogP contribution is -2.24. The molecule has 2 N–H and O–H groups in total. The lowest BCUT2D eigenvalue weighted by atomic mass is 10.2. The molecule has 0 radical (unpaired) electrons. The summed E-state index contributed by atoms with van der Waals surface area (Å²) in [6, 6.07) is 0. The van der Waals surface area contributed by atoms with Gasteiger partial charge < -0.3 is 10.2 Å². The summed E-state index contributed by atoms with van der Waals surface area (Å²) in [5, 5.41) is 17.6. The van der Waals surface area contributed by atoms with Gasteiger partial charge in [0.1, 0.15) is 0 Å². The van der Waals surface area contributed by atoms with Crippen molar-refractivity contribution in [3.8, 4) is 0 Å². The summed E-state index contributed by atoms with van der Waals surface area (Å²) in [5.74, 6) is -1.04. The molecule has 0 aromatic rings. The van der Waals surface area contributed by atoms with Crippen molar-refractivity contribution < 1.29 is 15.0 Å². The third kappa shape index (κ3) is 0.399. The Kier molecular flexibility index (Phi) is 0.588. The van der Waals surface area contributed by atoms with Crippen LogP contribution < -0.4 is 0 Å². The Hall–Kier alpha value is -0.570. The Bertz CT molecular complexity index is 183. The molecule has 9 heavy (non-hydrogen) atoms. The number of carbonyl (C=O) groups is 1. The van der Waals surface area contributed by atoms with Crippen LogP contribution in [0.1, 0.15) is 19.3 Å². The molecule has 2 saturated carbocycles. The number of carboxylic acid groups (broad SMARTS) is 1. The number of aliphatic carboxylic acids is 1. The number of aliphatic hydroxyl groups is 1. The highest BCUT2D eigenvalue weighted by molar-refractivity contribution is 5.84. The second-order valence-corrected chi connectivity index (χ2v) is 3.12. The van der Waals surface area contributed by atoms with Crippen LogP contribution in [-0.4, -0.2) is 21.8 Å². The van der Waals surface area contributed by atoms with Crippen LogP contribution in [0.5, 0.6) is 0 Å². The molecule has 2 aliphatic rings. The Balaban J connectivity index is 2.21. The highest BCUT2D eigenvalue weighted by Gasteiger charge is 2.78. The predicted molar refractivity (Wildman–Crippen MR) is 28.9 cm³/mol. The van der Waals surface area contributed by atoms with Gasteiger partial charge in [0.15, 0.2) is 5.60 Å². The molecule has 0 aromatic heterocycles. The van der Waals surface area contributed by atoms with Gasteiger partial charge in [-0.15, -0.1) is 0 Å². The monoisotopic (exact) mass is 128 g/mol. The van der Waals surface area contributed by atoms with Crippen LogP contribution in [0.4, 0.5) is 0 Å². The summed E-state index contributed by atoms with van der Waals surface area (Å²) >= 11 is 0. The third-order valence-electron chi connectivity index (χ3n) is 2.55. The van der Waals surface area contributed by atoms with Gasteiger partial charge in [0, 0.05) is 5.41 Å². The SMILES string of the molecule is O=C(O)C1(O)CC12CC2. The molecule has 50 valence electrons. The Morgan fingerprint density at radius 3 is 2.11 bits per heavy atom. The number of carboxylic acids is 1. The van der Waals surface area contributed by atoms with E-state index in [-0.39, 0.29) is 5.41 Å². The zero-order chi connectivity index (χ0) is 6.70. The average Bonchev–Trinajstić information content (AvgIpc) is 2.56. The molecule has 2 fully saturated rings. The van der Waals surface area contributed by atoms with Crippen molar-refractivity contribution in [3.63, 3.8) is 0 Å². The van der Waals surface area contributed by atoms with Gasteiger partial charge >= 0.3 is 5.97 Å². The minimum Gasteiger partial charge on any atom is -0.479 e. The van der Waals surface area contributed by atoms with Gasteiger partial charge in [0.05, 0.1) is 0 Å². The smallest absolute Gasteiger partial charge is 0.336 e. The van der Waals surface area contributed by atoms with E-state index in [0.29, 0.717) is 6.42 Å². The lowest BCUT2D eigenvalue weighted by molar-refractivity contribution is -0.150. The molecule has 3 nitrogen and oxygen atoms in total. The molecule has 0 bridgehead atoms. The normalized spacial score (nSPS) is 42.8. The van der Waals surface area contributed by atoms with E-state index in [2.05, 4.69) is 0 Å². The average molecular weight is 128 g/mol. The minimum atomic E-state index is -1.33. The summed E-state index contributed by atoms with van der Waals surface area (Å²) in [4.78, 5) is 10.3. The van der Waals surface area contributed by atoms with Crippen LogP contribution in [0.3, 0.4) is 0 Å². The van der Waals surface area contributed by atoms with Gasteiger partial charge in [-0.05, 0) is 19.3 Å². The molecule has 1 atom stereocenters. The second kappa shape index (κ2) is 1.01. The van der Waals surface area contributed by atoms with Crippen LogP contribution in [0.2, 0.25) is 0 Å². The fraction of sp³-hybridized carbons (Fsp3) is 0.833. The van der Waals surface area contributed by atoms with Crippen LogP contribution >= 0.6 is 0 Å². The maximum absolute atomic E-state index is 10.3. The van der Waals surface area contributed by atoms with Crippen molar-refractivity contribution >= 4 is 5.97 Å². The molecule has 0 heterocycles. The van der Waals surface area contributed by atoms with Crippen molar-refractivity contribution in [1.29, 1.82) is 0 Å². The highest BCUT2D eigenvalue weighted by Crippen LogP contribution is 2.72. The molecule has 3 heteroatoms. The van der Waals surface area contributed by atoms with Crippen molar-refractivity contribution in [2.45, 2.75) is 24.9 Å². The van der Waals surface area contributed by atoms with Gasteiger partial charge in [0.25, 0.3) is 0 Å². The first kappa shape index (κ1) is 5.23. The van der Waals surface area contributed by atoms with E-state index in [1.54, 1.807) is 0 Å². The first-order chi connectivity index (χ1) is 4.11. The molecule has 2 rings (SSSR count). The van der Waals surface area contributed by atoms with Crippen LogP contribution in [0, 0.1) is 5.41 Å². The van der Waals surface area contributed by atoms with E-state index in [1.165, 1.54) is 0 Å². The summed E-state index contributed by atoms with van der Waals surface area (Å²) in [7, 11) is 0. The lowest BCUT2D eigenvalue weighted by Gasteiger charge is -1.99. The molecule has 0 amide bonds. The van der Waals surface area contributed by atoms with E-state index < -0.39 is 11.6 Å². The van der Waals surface area contributed by atoms with Crippen molar-refractivity contribution in [1.82, 2.24) is 0 Å². The van der Waals surface area contributed by atoms with Gasteiger partial charge in [-0.25, -0.2) is 4.79 Å². The molecule has 1 spiro atoms. The van der Waals surface area contributed by atoms with E-state index in [0.717, 1.165) is 12.8 Å². The standard InChI is InChI=1S/C6H8O3/c7-4(8)6(9)3-5(6)1-2-5/h9H,1-3H2,(H,7,8). The van der Waals surface area contributed by atoms with E-state index >= 15 is 0 Å². The fourth-order valence-corrected chi connectivity index (χ4v) is 1.49. The molecule has 0 aliphatic heterocycles. The quantitative estimate of drug-likeness (QED) is 0.522.